The number of halogens is 1. The summed E-state index contributed by atoms with van der Waals surface area (Å²) >= 11 is 5.98. The van der Waals surface area contributed by atoms with Gasteiger partial charge in [0.15, 0.2) is 0 Å². The molecule has 0 bridgehead atoms. The lowest BCUT2D eigenvalue weighted by atomic mass is 10.1. The van der Waals surface area contributed by atoms with Gasteiger partial charge < -0.3 is 9.73 Å². The Balaban J connectivity index is 2.40. The second-order valence-corrected chi connectivity index (χ2v) is 3.77. The van der Waals surface area contributed by atoms with Crippen molar-refractivity contribution in [3.63, 3.8) is 0 Å². The van der Waals surface area contributed by atoms with E-state index in [0.717, 1.165) is 17.0 Å². The van der Waals surface area contributed by atoms with Gasteiger partial charge in [-0.1, -0.05) is 17.7 Å². The van der Waals surface area contributed by atoms with Gasteiger partial charge in [0.25, 0.3) is 0 Å². The maximum Gasteiger partial charge on any atom is 0.135 e. The van der Waals surface area contributed by atoms with Crippen molar-refractivity contribution in [3.8, 4) is 11.3 Å². The third-order valence-electron chi connectivity index (χ3n) is 2.21. The third kappa shape index (κ3) is 2.28. The standard InChI is InChI=1S/C13H12ClNO/c1-2-7-15-12-6-5-10(14)9-11(12)13-4-3-8-16-13/h2-6,8-9,15H,1,7H2. The number of anilines is 1. The molecule has 3 heteroatoms. The van der Waals surface area contributed by atoms with Crippen LogP contribution in [0.25, 0.3) is 11.3 Å². The van der Waals surface area contributed by atoms with Gasteiger partial charge in [0.05, 0.1) is 6.26 Å². The van der Waals surface area contributed by atoms with Gasteiger partial charge in [-0.25, -0.2) is 0 Å². The summed E-state index contributed by atoms with van der Waals surface area (Å²) in [6.07, 6.45) is 3.45. The molecule has 0 atom stereocenters. The van der Waals surface area contributed by atoms with E-state index in [0.29, 0.717) is 11.6 Å². The van der Waals surface area contributed by atoms with Crippen molar-refractivity contribution < 1.29 is 4.42 Å². The van der Waals surface area contributed by atoms with Crippen LogP contribution in [0.5, 0.6) is 0 Å². The van der Waals surface area contributed by atoms with Crippen molar-refractivity contribution in [1.29, 1.82) is 0 Å². The molecule has 2 aromatic rings. The Bertz CT molecular complexity index is 477. The maximum atomic E-state index is 5.98. The van der Waals surface area contributed by atoms with E-state index >= 15 is 0 Å². The first kappa shape index (κ1) is 10.8. The van der Waals surface area contributed by atoms with Crippen LogP contribution < -0.4 is 5.32 Å². The van der Waals surface area contributed by atoms with Crippen molar-refractivity contribution in [2.75, 3.05) is 11.9 Å². The summed E-state index contributed by atoms with van der Waals surface area (Å²) in [5.41, 5.74) is 1.94. The predicted octanol–water partition coefficient (Wildman–Crippen LogP) is 4.20. The van der Waals surface area contributed by atoms with Crippen LogP contribution >= 0.6 is 11.6 Å². The molecule has 0 spiro atoms. The molecule has 0 aliphatic rings. The molecule has 0 unspecified atom stereocenters. The Kier molecular flexibility index (Phi) is 3.32. The van der Waals surface area contributed by atoms with Gasteiger partial charge >= 0.3 is 0 Å². The summed E-state index contributed by atoms with van der Waals surface area (Å²) in [4.78, 5) is 0. The fourth-order valence-corrected chi connectivity index (χ4v) is 1.66. The normalized spacial score (nSPS) is 10.1. The molecule has 0 fully saturated rings. The van der Waals surface area contributed by atoms with Crippen LogP contribution in [0.1, 0.15) is 0 Å². The molecule has 2 rings (SSSR count). The lowest BCUT2D eigenvalue weighted by molar-refractivity contribution is 0.582. The molecule has 1 N–H and O–H groups in total. The molecule has 1 aromatic carbocycles. The number of benzene rings is 1. The minimum Gasteiger partial charge on any atom is -0.464 e. The van der Waals surface area contributed by atoms with Gasteiger partial charge in [0, 0.05) is 22.8 Å². The molecular formula is C13H12ClNO. The van der Waals surface area contributed by atoms with Crippen LogP contribution in [0.2, 0.25) is 5.02 Å². The molecule has 0 saturated heterocycles. The van der Waals surface area contributed by atoms with Crippen LogP contribution in [0.4, 0.5) is 5.69 Å². The van der Waals surface area contributed by atoms with E-state index in [9.17, 15) is 0 Å². The van der Waals surface area contributed by atoms with Crippen LogP contribution in [-0.2, 0) is 0 Å². The number of hydrogen-bond donors (Lipinski definition) is 1. The highest BCUT2D eigenvalue weighted by Gasteiger charge is 2.07. The number of hydrogen-bond acceptors (Lipinski definition) is 2. The monoisotopic (exact) mass is 233 g/mol. The van der Waals surface area contributed by atoms with Crippen LogP contribution in [-0.4, -0.2) is 6.54 Å². The second-order valence-electron chi connectivity index (χ2n) is 3.34. The van der Waals surface area contributed by atoms with E-state index in [-0.39, 0.29) is 0 Å². The zero-order valence-corrected chi connectivity index (χ0v) is 9.50. The van der Waals surface area contributed by atoms with Gasteiger partial charge in [0.2, 0.25) is 0 Å². The molecule has 16 heavy (non-hydrogen) atoms. The third-order valence-corrected chi connectivity index (χ3v) is 2.44. The minimum absolute atomic E-state index is 0.690. The van der Waals surface area contributed by atoms with Crippen molar-refractivity contribution in [2.24, 2.45) is 0 Å². The quantitative estimate of drug-likeness (QED) is 0.801. The maximum absolute atomic E-state index is 5.98. The average molecular weight is 234 g/mol. The van der Waals surface area contributed by atoms with E-state index < -0.39 is 0 Å². The Hall–Kier alpha value is -1.67. The number of nitrogens with one attached hydrogen (secondary N) is 1. The summed E-state index contributed by atoms with van der Waals surface area (Å²) < 4.78 is 5.37. The van der Waals surface area contributed by atoms with Crippen LogP contribution in [0.3, 0.4) is 0 Å². The summed E-state index contributed by atoms with van der Waals surface area (Å²) in [6, 6.07) is 9.42. The van der Waals surface area contributed by atoms with Crippen molar-refractivity contribution in [2.45, 2.75) is 0 Å². The molecule has 1 heterocycles. The van der Waals surface area contributed by atoms with Gasteiger partial charge in [-0.05, 0) is 30.3 Å². The molecule has 82 valence electrons. The highest BCUT2D eigenvalue weighted by atomic mass is 35.5. The smallest absolute Gasteiger partial charge is 0.135 e. The summed E-state index contributed by atoms with van der Waals surface area (Å²) in [6.45, 7) is 4.38. The number of rotatable bonds is 4. The lowest BCUT2D eigenvalue weighted by Crippen LogP contribution is -1.99. The van der Waals surface area contributed by atoms with E-state index in [1.54, 1.807) is 12.3 Å². The summed E-state index contributed by atoms with van der Waals surface area (Å²) in [7, 11) is 0. The fourth-order valence-electron chi connectivity index (χ4n) is 1.49. The highest BCUT2D eigenvalue weighted by Crippen LogP contribution is 2.30. The first-order valence-corrected chi connectivity index (χ1v) is 5.37. The largest absolute Gasteiger partial charge is 0.464 e. The molecule has 1 aromatic heterocycles. The zero-order valence-electron chi connectivity index (χ0n) is 8.74. The first-order valence-electron chi connectivity index (χ1n) is 4.99. The highest BCUT2D eigenvalue weighted by molar-refractivity contribution is 6.31. The Morgan fingerprint density at radius 3 is 2.94 bits per heavy atom. The average Bonchev–Trinajstić information content (AvgIpc) is 2.80. The van der Waals surface area contributed by atoms with E-state index in [1.165, 1.54) is 0 Å². The molecule has 0 aliphatic heterocycles. The zero-order chi connectivity index (χ0) is 11.4. The predicted molar refractivity (Wildman–Crippen MR) is 67.8 cm³/mol. The van der Waals surface area contributed by atoms with Crippen molar-refractivity contribution in [3.05, 3.63) is 54.3 Å². The molecule has 0 radical (unpaired) electrons. The molecule has 0 saturated carbocycles. The van der Waals surface area contributed by atoms with E-state index in [2.05, 4.69) is 11.9 Å². The molecule has 0 amide bonds. The van der Waals surface area contributed by atoms with Crippen molar-refractivity contribution in [1.82, 2.24) is 0 Å². The topological polar surface area (TPSA) is 25.2 Å². The van der Waals surface area contributed by atoms with Crippen molar-refractivity contribution >= 4 is 17.3 Å². The fraction of sp³-hybridized carbons (Fsp3) is 0.0769. The van der Waals surface area contributed by atoms with E-state index in [1.807, 2.05) is 30.3 Å². The lowest BCUT2D eigenvalue weighted by Gasteiger charge is -2.09. The molecule has 0 aliphatic carbocycles. The molecule has 2 nitrogen and oxygen atoms in total. The van der Waals surface area contributed by atoms with Crippen LogP contribution in [0.15, 0.2) is 53.7 Å². The Morgan fingerprint density at radius 2 is 2.25 bits per heavy atom. The van der Waals surface area contributed by atoms with Gasteiger partial charge in [0.1, 0.15) is 5.76 Å². The first-order chi connectivity index (χ1) is 7.81. The molecular weight excluding hydrogens is 222 g/mol. The summed E-state index contributed by atoms with van der Waals surface area (Å²) in [5.74, 6) is 0.800. The second kappa shape index (κ2) is 4.90. The summed E-state index contributed by atoms with van der Waals surface area (Å²) in [5, 5.41) is 3.93. The minimum atomic E-state index is 0.690. The van der Waals surface area contributed by atoms with Gasteiger partial charge in [-0.3, -0.25) is 0 Å². The van der Waals surface area contributed by atoms with E-state index in [4.69, 9.17) is 16.0 Å². The van der Waals surface area contributed by atoms with Gasteiger partial charge in [-0.15, -0.1) is 6.58 Å². The van der Waals surface area contributed by atoms with Gasteiger partial charge in [-0.2, -0.15) is 0 Å². The number of furan rings is 1. The van der Waals surface area contributed by atoms with Crippen LogP contribution in [0, 0.1) is 0 Å². The Morgan fingerprint density at radius 1 is 1.38 bits per heavy atom. The SMILES string of the molecule is C=CCNc1ccc(Cl)cc1-c1ccco1. The Labute approximate surface area is 99.5 Å².